The zero-order valence-corrected chi connectivity index (χ0v) is 11.4. The van der Waals surface area contributed by atoms with Crippen LogP contribution in [0.3, 0.4) is 0 Å². The van der Waals surface area contributed by atoms with Crippen LogP contribution in [-0.2, 0) is 6.42 Å². The largest absolute Gasteiger partial charge is 0.368 e. The summed E-state index contributed by atoms with van der Waals surface area (Å²) in [7, 11) is 0. The summed E-state index contributed by atoms with van der Waals surface area (Å²) >= 11 is 0. The Kier molecular flexibility index (Phi) is 3.55. The molecule has 0 aromatic heterocycles. The Bertz CT molecular complexity index is 402. The lowest BCUT2D eigenvalue weighted by molar-refractivity contribution is 0.237. The molecular weight excluding hydrogens is 220 g/mol. The number of para-hydroxylation sites is 1. The monoisotopic (exact) mass is 244 g/mol. The number of rotatable bonds is 5. The Labute approximate surface area is 110 Å². The van der Waals surface area contributed by atoms with E-state index in [0.29, 0.717) is 0 Å². The van der Waals surface area contributed by atoms with Crippen LogP contribution >= 0.6 is 0 Å². The summed E-state index contributed by atoms with van der Waals surface area (Å²) in [6, 6.07) is 9.73. The van der Waals surface area contributed by atoms with Crippen molar-refractivity contribution in [1.82, 2.24) is 5.32 Å². The van der Waals surface area contributed by atoms with Gasteiger partial charge in [-0.25, -0.2) is 0 Å². The number of hydrogen-bond donors (Lipinski definition) is 1. The first-order valence-electron chi connectivity index (χ1n) is 7.45. The van der Waals surface area contributed by atoms with Gasteiger partial charge in [-0.05, 0) is 56.3 Å². The van der Waals surface area contributed by atoms with Gasteiger partial charge in [-0.15, -0.1) is 0 Å². The van der Waals surface area contributed by atoms with Gasteiger partial charge in [0.05, 0.1) is 0 Å². The van der Waals surface area contributed by atoms with E-state index in [9.17, 15) is 0 Å². The number of hydrogen-bond acceptors (Lipinski definition) is 2. The summed E-state index contributed by atoms with van der Waals surface area (Å²) in [4.78, 5) is 2.66. The van der Waals surface area contributed by atoms with Gasteiger partial charge in [0.2, 0.25) is 0 Å². The van der Waals surface area contributed by atoms with Gasteiger partial charge in [0.25, 0.3) is 0 Å². The molecule has 0 amide bonds. The van der Waals surface area contributed by atoms with Gasteiger partial charge in [-0.3, -0.25) is 0 Å². The predicted molar refractivity (Wildman–Crippen MR) is 77.2 cm³/mol. The van der Waals surface area contributed by atoms with E-state index >= 15 is 0 Å². The van der Waals surface area contributed by atoms with Crippen molar-refractivity contribution in [3.8, 4) is 0 Å². The van der Waals surface area contributed by atoms with Crippen molar-refractivity contribution in [2.24, 2.45) is 5.92 Å². The molecule has 1 fully saturated rings. The number of nitrogens with zero attached hydrogens (tertiary/aromatic N) is 1. The fraction of sp³-hybridized carbons (Fsp3) is 0.625. The highest BCUT2D eigenvalue weighted by Crippen LogP contribution is 2.39. The third kappa shape index (κ3) is 2.14. The molecule has 1 aliphatic carbocycles. The molecule has 2 unspecified atom stereocenters. The van der Waals surface area contributed by atoms with Crippen LogP contribution in [-0.4, -0.2) is 25.7 Å². The minimum Gasteiger partial charge on any atom is -0.368 e. The summed E-state index contributed by atoms with van der Waals surface area (Å²) < 4.78 is 0. The Hall–Kier alpha value is -1.02. The molecular formula is C16H24N2. The smallest absolute Gasteiger partial charge is 0.0402 e. The minimum atomic E-state index is 0.790. The standard InChI is InChI=1S/C16H24N2/c1-2-10-17-12-14-7-8-16(14)18-11-9-13-5-3-4-6-15(13)18/h3-6,14,16-17H,2,7-12H2,1H3. The summed E-state index contributed by atoms with van der Waals surface area (Å²) in [5, 5.41) is 3.59. The molecule has 18 heavy (non-hydrogen) atoms. The van der Waals surface area contributed by atoms with Gasteiger partial charge in [0.1, 0.15) is 0 Å². The zero-order chi connectivity index (χ0) is 12.4. The van der Waals surface area contributed by atoms with E-state index in [2.05, 4.69) is 41.4 Å². The lowest BCUT2D eigenvalue weighted by atomic mass is 9.78. The van der Waals surface area contributed by atoms with E-state index in [1.165, 1.54) is 51.0 Å². The maximum Gasteiger partial charge on any atom is 0.0402 e. The van der Waals surface area contributed by atoms with Crippen LogP contribution in [0.2, 0.25) is 0 Å². The molecule has 0 saturated heterocycles. The van der Waals surface area contributed by atoms with Crippen LogP contribution in [0.1, 0.15) is 31.7 Å². The van der Waals surface area contributed by atoms with Crippen LogP contribution in [0.4, 0.5) is 5.69 Å². The van der Waals surface area contributed by atoms with Crippen molar-refractivity contribution in [3.63, 3.8) is 0 Å². The molecule has 2 atom stereocenters. The normalized spacial score (nSPS) is 25.9. The molecule has 0 radical (unpaired) electrons. The van der Waals surface area contributed by atoms with Crippen molar-refractivity contribution in [3.05, 3.63) is 29.8 Å². The maximum absolute atomic E-state index is 3.59. The second-order valence-electron chi connectivity index (χ2n) is 5.68. The second kappa shape index (κ2) is 5.31. The first-order chi connectivity index (χ1) is 8.90. The Balaban J connectivity index is 1.63. The Morgan fingerprint density at radius 1 is 1.28 bits per heavy atom. The molecule has 98 valence electrons. The highest BCUT2D eigenvalue weighted by Gasteiger charge is 2.37. The molecule has 1 aromatic rings. The molecule has 1 saturated carbocycles. The molecule has 1 heterocycles. The second-order valence-corrected chi connectivity index (χ2v) is 5.68. The third-order valence-corrected chi connectivity index (χ3v) is 4.53. The van der Waals surface area contributed by atoms with Crippen molar-refractivity contribution in [1.29, 1.82) is 0 Å². The van der Waals surface area contributed by atoms with Crippen molar-refractivity contribution < 1.29 is 0 Å². The topological polar surface area (TPSA) is 15.3 Å². The first-order valence-corrected chi connectivity index (χ1v) is 7.45. The molecule has 3 rings (SSSR count). The van der Waals surface area contributed by atoms with Crippen molar-refractivity contribution in [2.45, 2.75) is 38.6 Å². The Morgan fingerprint density at radius 3 is 2.94 bits per heavy atom. The average molecular weight is 244 g/mol. The van der Waals surface area contributed by atoms with Gasteiger partial charge >= 0.3 is 0 Å². The summed E-state index contributed by atoms with van der Waals surface area (Å²) in [6.45, 7) is 5.84. The van der Waals surface area contributed by atoms with Gasteiger partial charge in [0, 0.05) is 18.3 Å². The predicted octanol–water partition coefficient (Wildman–Crippen LogP) is 2.83. The fourth-order valence-corrected chi connectivity index (χ4v) is 3.37. The highest BCUT2D eigenvalue weighted by molar-refractivity contribution is 5.59. The zero-order valence-electron chi connectivity index (χ0n) is 11.4. The molecule has 2 nitrogen and oxygen atoms in total. The van der Waals surface area contributed by atoms with E-state index in [-0.39, 0.29) is 0 Å². The molecule has 0 spiro atoms. The van der Waals surface area contributed by atoms with Crippen LogP contribution in [0.5, 0.6) is 0 Å². The summed E-state index contributed by atoms with van der Waals surface area (Å²) in [5.41, 5.74) is 3.05. The van der Waals surface area contributed by atoms with Crippen molar-refractivity contribution in [2.75, 3.05) is 24.5 Å². The number of nitrogens with one attached hydrogen (secondary N) is 1. The molecule has 1 aliphatic heterocycles. The maximum atomic E-state index is 3.59. The summed E-state index contributed by atoms with van der Waals surface area (Å²) in [5.74, 6) is 0.864. The van der Waals surface area contributed by atoms with E-state index in [0.717, 1.165) is 12.0 Å². The van der Waals surface area contributed by atoms with Gasteiger partial charge in [-0.1, -0.05) is 25.1 Å². The molecule has 2 aliphatic rings. The summed E-state index contributed by atoms with van der Waals surface area (Å²) in [6.07, 6.45) is 5.26. The Morgan fingerprint density at radius 2 is 2.17 bits per heavy atom. The van der Waals surface area contributed by atoms with Crippen molar-refractivity contribution >= 4 is 5.69 Å². The lowest BCUT2D eigenvalue weighted by Crippen LogP contribution is -2.50. The van der Waals surface area contributed by atoms with E-state index in [1.807, 2.05) is 0 Å². The van der Waals surface area contributed by atoms with Crippen LogP contribution in [0.15, 0.2) is 24.3 Å². The quantitative estimate of drug-likeness (QED) is 0.801. The number of anilines is 1. The molecule has 2 heteroatoms. The first kappa shape index (κ1) is 12.0. The van der Waals surface area contributed by atoms with Crippen LogP contribution in [0.25, 0.3) is 0 Å². The highest BCUT2D eigenvalue weighted by atomic mass is 15.2. The number of fused-ring (bicyclic) bond motifs is 1. The SMILES string of the molecule is CCCNCC1CCC1N1CCc2ccccc21. The molecule has 1 aromatic carbocycles. The minimum absolute atomic E-state index is 0.790. The van der Waals surface area contributed by atoms with E-state index in [1.54, 1.807) is 5.56 Å². The van der Waals surface area contributed by atoms with Gasteiger partial charge in [-0.2, -0.15) is 0 Å². The van der Waals surface area contributed by atoms with Gasteiger partial charge < -0.3 is 10.2 Å². The lowest BCUT2D eigenvalue weighted by Gasteiger charge is -2.44. The number of benzene rings is 1. The van der Waals surface area contributed by atoms with Crippen LogP contribution < -0.4 is 10.2 Å². The third-order valence-electron chi connectivity index (χ3n) is 4.53. The van der Waals surface area contributed by atoms with Crippen LogP contribution in [0, 0.1) is 5.92 Å². The van der Waals surface area contributed by atoms with Gasteiger partial charge in [0.15, 0.2) is 0 Å². The molecule has 0 bridgehead atoms. The van der Waals surface area contributed by atoms with E-state index < -0.39 is 0 Å². The van der Waals surface area contributed by atoms with E-state index in [4.69, 9.17) is 0 Å². The molecule has 1 N–H and O–H groups in total. The average Bonchev–Trinajstić information content (AvgIpc) is 2.78. The fourth-order valence-electron chi connectivity index (χ4n) is 3.37.